The summed E-state index contributed by atoms with van der Waals surface area (Å²) in [5.74, 6) is 0.106. The molecule has 0 saturated carbocycles. The van der Waals surface area contributed by atoms with Crippen LogP contribution in [0.15, 0.2) is 29.2 Å². The lowest BCUT2D eigenvalue weighted by Gasteiger charge is -2.15. The van der Waals surface area contributed by atoms with Crippen LogP contribution >= 0.6 is 0 Å². The largest absolute Gasteiger partial charge is 0.383 e. The standard InChI is InChI=1S/C13H22N2O3S/c1-15(7-9-18-2)8-10-19(16,17)13-5-3-12(11-14)4-6-13/h3-6H,7-11,14H2,1-2H3. The molecule has 6 heteroatoms. The third kappa shape index (κ3) is 5.28. The predicted octanol–water partition coefficient (Wildman–Crippen LogP) is 0.497. The van der Waals surface area contributed by atoms with Crippen molar-refractivity contribution >= 4 is 9.84 Å². The van der Waals surface area contributed by atoms with Gasteiger partial charge in [0.25, 0.3) is 0 Å². The quantitative estimate of drug-likeness (QED) is 0.753. The van der Waals surface area contributed by atoms with E-state index in [0.29, 0.717) is 24.6 Å². The minimum absolute atomic E-state index is 0.106. The van der Waals surface area contributed by atoms with Crippen molar-refractivity contribution in [3.63, 3.8) is 0 Å². The molecule has 0 radical (unpaired) electrons. The molecule has 1 rings (SSSR count). The van der Waals surface area contributed by atoms with Crippen molar-refractivity contribution < 1.29 is 13.2 Å². The molecule has 0 aliphatic heterocycles. The summed E-state index contributed by atoms with van der Waals surface area (Å²) in [4.78, 5) is 2.29. The molecule has 108 valence electrons. The van der Waals surface area contributed by atoms with E-state index in [-0.39, 0.29) is 5.75 Å². The van der Waals surface area contributed by atoms with E-state index in [0.717, 1.165) is 12.1 Å². The predicted molar refractivity (Wildman–Crippen MR) is 75.8 cm³/mol. The molecule has 1 aromatic carbocycles. The third-order valence-electron chi connectivity index (χ3n) is 2.94. The molecule has 0 bridgehead atoms. The Bertz CT molecular complexity index is 471. The lowest BCUT2D eigenvalue weighted by atomic mass is 10.2. The molecule has 0 spiro atoms. The fourth-order valence-electron chi connectivity index (χ4n) is 1.59. The molecule has 0 aliphatic carbocycles. The van der Waals surface area contributed by atoms with Crippen LogP contribution in [0.4, 0.5) is 0 Å². The minimum atomic E-state index is -3.23. The number of nitrogens with two attached hydrogens (primary N) is 1. The SMILES string of the molecule is COCCN(C)CCS(=O)(=O)c1ccc(CN)cc1. The maximum atomic E-state index is 12.1. The van der Waals surface area contributed by atoms with Gasteiger partial charge in [0.2, 0.25) is 0 Å². The lowest BCUT2D eigenvalue weighted by Crippen LogP contribution is -2.28. The molecule has 1 aromatic rings. The van der Waals surface area contributed by atoms with Crippen LogP contribution in [0, 0.1) is 0 Å². The molecule has 0 aromatic heterocycles. The van der Waals surface area contributed by atoms with Crippen LogP contribution in [0.2, 0.25) is 0 Å². The Morgan fingerprint density at radius 2 is 1.84 bits per heavy atom. The molecule has 0 aliphatic rings. The third-order valence-corrected chi connectivity index (χ3v) is 4.65. The zero-order chi connectivity index (χ0) is 14.3. The molecule has 19 heavy (non-hydrogen) atoms. The van der Waals surface area contributed by atoms with Gasteiger partial charge in [0, 0.05) is 26.7 Å². The van der Waals surface area contributed by atoms with E-state index in [1.54, 1.807) is 31.4 Å². The van der Waals surface area contributed by atoms with Gasteiger partial charge >= 0.3 is 0 Å². The first kappa shape index (κ1) is 16.1. The van der Waals surface area contributed by atoms with Crippen molar-refractivity contribution in [1.82, 2.24) is 4.90 Å². The zero-order valence-electron chi connectivity index (χ0n) is 11.5. The first-order valence-corrected chi connectivity index (χ1v) is 7.84. The molecular weight excluding hydrogens is 264 g/mol. The topological polar surface area (TPSA) is 72.6 Å². The van der Waals surface area contributed by atoms with Crippen molar-refractivity contribution in [2.24, 2.45) is 5.73 Å². The molecule has 0 unspecified atom stereocenters. The van der Waals surface area contributed by atoms with Gasteiger partial charge in [-0.25, -0.2) is 8.42 Å². The molecule has 0 atom stereocenters. The molecule has 2 N–H and O–H groups in total. The van der Waals surface area contributed by atoms with Crippen LogP contribution in [0.25, 0.3) is 0 Å². The highest BCUT2D eigenvalue weighted by Crippen LogP contribution is 2.12. The lowest BCUT2D eigenvalue weighted by molar-refractivity contribution is 0.164. The minimum Gasteiger partial charge on any atom is -0.383 e. The van der Waals surface area contributed by atoms with Gasteiger partial charge < -0.3 is 15.4 Å². The normalized spacial score (nSPS) is 12.0. The molecular formula is C13H22N2O3S. The highest BCUT2D eigenvalue weighted by Gasteiger charge is 2.15. The van der Waals surface area contributed by atoms with E-state index in [4.69, 9.17) is 10.5 Å². The van der Waals surface area contributed by atoms with Crippen molar-refractivity contribution in [2.45, 2.75) is 11.4 Å². The van der Waals surface area contributed by atoms with Crippen LogP contribution in [0.3, 0.4) is 0 Å². The molecule has 0 heterocycles. The van der Waals surface area contributed by atoms with E-state index >= 15 is 0 Å². The van der Waals surface area contributed by atoms with Crippen LogP contribution < -0.4 is 5.73 Å². The average molecular weight is 286 g/mol. The Morgan fingerprint density at radius 3 is 2.37 bits per heavy atom. The summed E-state index contributed by atoms with van der Waals surface area (Å²) in [5.41, 5.74) is 6.41. The number of ether oxygens (including phenoxy) is 1. The second-order valence-corrected chi connectivity index (χ2v) is 6.57. The number of hydrogen-bond acceptors (Lipinski definition) is 5. The van der Waals surface area contributed by atoms with E-state index in [2.05, 4.69) is 0 Å². The van der Waals surface area contributed by atoms with Gasteiger partial charge in [0.15, 0.2) is 9.84 Å². The average Bonchev–Trinajstić information content (AvgIpc) is 2.43. The number of rotatable bonds is 8. The summed E-state index contributed by atoms with van der Waals surface area (Å²) in [6.07, 6.45) is 0. The smallest absolute Gasteiger partial charge is 0.179 e. The maximum Gasteiger partial charge on any atom is 0.179 e. The van der Waals surface area contributed by atoms with Crippen molar-refractivity contribution in [1.29, 1.82) is 0 Å². The Balaban J connectivity index is 2.59. The maximum absolute atomic E-state index is 12.1. The first-order valence-electron chi connectivity index (χ1n) is 6.19. The van der Waals surface area contributed by atoms with Crippen LogP contribution in [-0.4, -0.2) is 52.9 Å². The highest BCUT2D eigenvalue weighted by molar-refractivity contribution is 7.91. The van der Waals surface area contributed by atoms with Gasteiger partial charge in [-0.05, 0) is 24.7 Å². The number of benzene rings is 1. The molecule has 0 amide bonds. The fraction of sp³-hybridized carbons (Fsp3) is 0.538. The van der Waals surface area contributed by atoms with Crippen molar-refractivity contribution in [3.8, 4) is 0 Å². The fourth-order valence-corrected chi connectivity index (χ4v) is 2.92. The summed E-state index contributed by atoms with van der Waals surface area (Å²) in [6.45, 7) is 2.23. The van der Waals surface area contributed by atoms with Crippen LogP contribution in [-0.2, 0) is 21.1 Å². The second-order valence-electron chi connectivity index (χ2n) is 4.46. The van der Waals surface area contributed by atoms with E-state index < -0.39 is 9.84 Å². The first-order chi connectivity index (χ1) is 8.99. The number of sulfone groups is 1. The number of nitrogens with zero attached hydrogens (tertiary/aromatic N) is 1. The Morgan fingerprint density at radius 1 is 1.21 bits per heavy atom. The molecule has 0 fully saturated rings. The van der Waals surface area contributed by atoms with Crippen LogP contribution in [0.1, 0.15) is 5.56 Å². The number of hydrogen-bond donors (Lipinski definition) is 1. The Hall–Kier alpha value is -0.950. The van der Waals surface area contributed by atoms with Crippen molar-refractivity contribution in [3.05, 3.63) is 29.8 Å². The van der Waals surface area contributed by atoms with E-state index in [1.165, 1.54) is 0 Å². The van der Waals surface area contributed by atoms with Gasteiger partial charge in [-0.15, -0.1) is 0 Å². The van der Waals surface area contributed by atoms with Gasteiger partial charge in [-0.1, -0.05) is 12.1 Å². The molecule has 5 nitrogen and oxygen atoms in total. The zero-order valence-corrected chi connectivity index (χ0v) is 12.3. The van der Waals surface area contributed by atoms with Gasteiger partial charge in [0.1, 0.15) is 0 Å². The van der Waals surface area contributed by atoms with Gasteiger partial charge in [-0.3, -0.25) is 0 Å². The summed E-state index contributed by atoms with van der Waals surface area (Å²) < 4.78 is 29.2. The summed E-state index contributed by atoms with van der Waals surface area (Å²) in [6, 6.07) is 6.74. The van der Waals surface area contributed by atoms with E-state index in [1.807, 2.05) is 11.9 Å². The van der Waals surface area contributed by atoms with Crippen LogP contribution in [0.5, 0.6) is 0 Å². The number of methoxy groups -OCH3 is 1. The van der Waals surface area contributed by atoms with Gasteiger partial charge in [-0.2, -0.15) is 0 Å². The summed E-state index contributed by atoms with van der Waals surface area (Å²) in [7, 11) is 0.281. The van der Waals surface area contributed by atoms with Crippen molar-refractivity contribution in [2.75, 3.05) is 39.6 Å². The second kappa shape index (κ2) is 7.59. The van der Waals surface area contributed by atoms with E-state index in [9.17, 15) is 8.42 Å². The molecule has 0 saturated heterocycles. The summed E-state index contributed by atoms with van der Waals surface area (Å²) >= 11 is 0. The highest BCUT2D eigenvalue weighted by atomic mass is 32.2. The number of likely N-dealkylation sites (N-methyl/N-ethyl adjacent to an activating group) is 1. The summed E-state index contributed by atoms with van der Waals surface area (Å²) in [5, 5.41) is 0. The Labute approximate surface area is 115 Å². The monoisotopic (exact) mass is 286 g/mol. The Kier molecular flexibility index (Phi) is 6.44. The van der Waals surface area contributed by atoms with Gasteiger partial charge in [0.05, 0.1) is 17.3 Å².